The number of nitrogens with one attached hydrogen (secondary N) is 1. The van der Waals surface area contributed by atoms with Crippen molar-refractivity contribution in [2.24, 2.45) is 7.05 Å². The van der Waals surface area contributed by atoms with Crippen LogP contribution in [0.1, 0.15) is 30.1 Å². The van der Waals surface area contributed by atoms with Gasteiger partial charge in [-0.3, -0.25) is 4.79 Å². The molecule has 27 heavy (non-hydrogen) atoms. The van der Waals surface area contributed by atoms with Crippen molar-refractivity contribution in [3.05, 3.63) is 52.8 Å². The molecule has 1 amide bonds. The number of aliphatic hydroxyl groups is 1. The fraction of sp³-hybridized carbons (Fsp3) is 0.333. The van der Waals surface area contributed by atoms with Crippen molar-refractivity contribution in [2.75, 3.05) is 25.1 Å². The van der Waals surface area contributed by atoms with Crippen molar-refractivity contribution in [1.29, 1.82) is 0 Å². The zero-order chi connectivity index (χ0) is 21.3. The number of nitrogens with zero attached hydrogens (tertiary/aromatic N) is 3. The third-order valence-corrected chi connectivity index (χ3v) is 4.79. The molecule has 0 aliphatic rings. The molecule has 6 nitrogen and oxygen atoms in total. The van der Waals surface area contributed by atoms with E-state index in [1.807, 2.05) is 50.6 Å². The Morgan fingerprint density at radius 3 is 2.63 bits per heavy atom. The predicted octanol–water partition coefficient (Wildman–Crippen LogP) is 2.99. The van der Waals surface area contributed by atoms with Gasteiger partial charge in [-0.25, -0.2) is 4.98 Å². The van der Waals surface area contributed by atoms with Crippen LogP contribution < -0.4 is 10.2 Å². The number of aryl methyl sites for hydroxylation is 4. The Bertz CT molecular complexity index is 1040. The van der Waals surface area contributed by atoms with Crippen LogP contribution in [-0.4, -0.2) is 40.7 Å². The number of rotatable bonds is 5. The molecule has 3 aromatic rings. The quantitative estimate of drug-likeness (QED) is 0.726. The first-order valence-electron chi connectivity index (χ1n) is 9.97. The lowest BCUT2D eigenvalue weighted by Gasteiger charge is -2.24. The van der Waals surface area contributed by atoms with Crippen LogP contribution in [0.4, 0.5) is 11.4 Å². The fourth-order valence-corrected chi connectivity index (χ4v) is 3.28. The summed E-state index contributed by atoms with van der Waals surface area (Å²) in [5.41, 5.74) is 4.94. The molecule has 1 aromatic heterocycles. The van der Waals surface area contributed by atoms with E-state index in [1.54, 1.807) is 17.0 Å². The van der Waals surface area contributed by atoms with Gasteiger partial charge in [-0.15, -0.1) is 0 Å². The summed E-state index contributed by atoms with van der Waals surface area (Å²) in [6, 6.07) is 9.24. The van der Waals surface area contributed by atoms with Gasteiger partial charge in [0.25, 0.3) is 5.91 Å². The van der Waals surface area contributed by atoms with Gasteiger partial charge in [-0.2, -0.15) is 0 Å². The average molecular weight is 368 g/mol. The molecular weight excluding hydrogens is 340 g/mol. The number of benzene rings is 2. The first-order valence-corrected chi connectivity index (χ1v) is 8.82. The van der Waals surface area contributed by atoms with Gasteiger partial charge in [-0.05, 0) is 44.0 Å². The summed E-state index contributed by atoms with van der Waals surface area (Å²) in [6.45, 7) is 4.42. The van der Waals surface area contributed by atoms with Gasteiger partial charge in [0.1, 0.15) is 11.3 Å². The number of fused-ring (bicyclic) bond motifs is 1. The Morgan fingerprint density at radius 1 is 1.30 bits per heavy atom. The van der Waals surface area contributed by atoms with Gasteiger partial charge in [0, 0.05) is 34.6 Å². The number of hydrogen-bond acceptors (Lipinski definition) is 4. The molecule has 0 atom stereocenters. The van der Waals surface area contributed by atoms with Crippen molar-refractivity contribution in [3.63, 3.8) is 0 Å². The van der Waals surface area contributed by atoms with Crippen LogP contribution >= 0.6 is 0 Å². The Hall–Kier alpha value is -2.86. The molecule has 1 heterocycles. The van der Waals surface area contributed by atoms with E-state index in [9.17, 15) is 4.79 Å². The number of carbonyl (C=O) groups is 1. The lowest BCUT2D eigenvalue weighted by Crippen LogP contribution is -2.26. The maximum atomic E-state index is 12.6. The van der Waals surface area contributed by atoms with Gasteiger partial charge in [0.2, 0.25) is 0 Å². The Balaban J connectivity index is 2.30. The summed E-state index contributed by atoms with van der Waals surface area (Å²) in [4.78, 5) is 18.9. The maximum Gasteiger partial charge on any atom is 0.251 e. The summed E-state index contributed by atoms with van der Waals surface area (Å²) in [7, 11) is 1.87. The zero-order valence-corrected chi connectivity index (χ0v) is 16.1. The van der Waals surface area contributed by atoms with Crippen LogP contribution in [0.15, 0.2) is 30.3 Å². The highest BCUT2D eigenvalue weighted by molar-refractivity contribution is 6.02. The van der Waals surface area contributed by atoms with E-state index in [-0.39, 0.29) is 19.1 Å². The van der Waals surface area contributed by atoms with Crippen LogP contribution in [-0.2, 0) is 7.05 Å². The van der Waals surface area contributed by atoms with Gasteiger partial charge in [-0.1, -0.05) is 18.2 Å². The van der Waals surface area contributed by atoms with Crippen molar-refractivity contribution in [1.82, 2.24) is 14.9 Å². The molecule has 0 saturated heterocycles. The molecule has 0 saturated carbocycles. The van der Waals surface area contributed by atoms with Crippen molar-refractivity contribution < 1.29 is 12.6 Å². The highest BCUT2D eigenvalue weighted by atomic mass is 16.3. The van der Waals surface area contributed by atoms with E-state index in [0.717, 1.165) is 28.2 Å². The summed E-state index contributed by atoms with van der Waals surface area (Å²) in [5, 5.41) is 11.7. The Kier molecular flexibility index (Phi) is 4.48. The number of anilines is 2. The standard InChI is InChI=1S/C21H26N4O2/c1-13-7-6-8-14(2)20(13)25(5)18-12-16(21(27)22-9-10-26)11-17-19(18)23-15(3)24(17)4/h6-8,11-12,26H,9-10H2,1-5H3,(H,22,27)/i5D2. The second-order valence-electron chi connectivity index (χ2n) is 6.67. The molecule has 0 unspecified atom stereocenters. The Labute approximate surface area is 162 Å². The summed E-state index contributed by atoms with van der Waals surface area (Å²) in [5.74, 6) is 0.441. The highest BCUT2D eigenvalue weighted by Crippen LogP contribution is 2.35. The van der Waals surface area contributed by atoms with E-state index >= 15 is 0 Å². The summed E-state index contributed by atoms with van der Waals surface area (Å²) in [6.07, 6.45) is 0. The summed E-state index contributed by atoms with van der Waals surface area (Å²) < 4.78 is 18.4. The SMILES string of the molecule is [2H]C([2H])N(c1c(C)cccc1C)c1cc(C(=O)NCCO)cc2c1nc(C)n2C. The number of imidazole rings is 1. The van der Waals surface area contributed by atoms with Crippen LogP contribution in [0.5, 0.6) is 0 Å². The van der Waals surface area contributed by atoms with Crippen LogP contribution in [0.3, 0.4) is 0 Å². The van der Waals surface area contributed by atoms with Crippen molar-refractivity contribution in [2.45, 2.75) is 20.8 Å². The molecule has 142 valence electrons. The smallest absolute Gasteiger partial charge is 0.251 e. The fourth-order valence-electron chi connectivity index (χ4n) is 3.28. The van der Waals surface area contributed by atoms with Crippen molar-refractivity contribution >= 4 is 28.3 Å². The lowest BCUT2D eigenvalue weighted by molar-refractivity contribution is 0.0945. The zero-order valence-electron chi connectivity index (χ0n) is 18.1. The van der Waals surface area contributed by atoms with Gasteiger partial charge in [0.15, 0.2) is 0 Å². The number of aromatic nitrogens is 2. The molecule has 0 aliphatic carbocycles. The van der Waals surface area contributed by atoms with Gasteiger partial charge >= 0.3 is 0 Å². The molecule has 0 spiro atoms. The minimum atomic E-state index is -1.34. The normalized spacial score (nSPS) is 12.2. The van der Waals surface area contributed by atoms with E-state index in [2.05, 4.69) is 10.3 Å². The minimum Gasteiger partial charge on any atom is -0.395 e. The predicted molar refractivity (Wildman–Crippen MR) is 109 cm³/mol. The second kappa shape index (κ2) is 7.40. The third kappa shape index (κ3) is 3.40. The molecule has 0 aliphatic heterocycles. The molecule has 0 bridgehead atoms. The second-order valence-corrected chi connectivity index (χ2v) is 6.67. The first-order chi connectivity index (χ1) is 13.8. The number of para-hydroxylation sites is 1. The van der Waals surface area contributed by atoms with Gasteiger partial charge < -0.3 is 19.9 Å². The number of carbonyl (C=O) groups excluding carboxylic acids is 1. The largest absolute Gasteiger partial charge is 0.395 e. The molecule has 0 radical (unpaired) electrons. The van der Waals surface area contributed by atoms with E-state index in [0.29, 0.717) is 16.8 Å². The van der Waals surface area contributed by atoms with Crippen LogP contribution in [0.25, 0.3) is 11.0 Å². The van der Waals surface area contributed by atoms with Crippen molar-refractivity contribution in [3.8, 4) is 0 Å². The maximum absolute atomic E-state index is 12.6. The molecule has 3 rings (SSSR count). The molecule has 6 heteroatoms. The first kappa shape index (κ1) is 16.3. The highest BCUT2D eigenvalue weighted by Gasteiger charge is 2.19. The lowest BCUT2D eigenvalue weighted by atomic mass is 10.1. The molecule has 0 fully saturated rings. The van der Waals surface area contributed by atoms with Gasteiger partial charge in [0.05, 0.1) is 17.8 Å². The summed E-state index contributed by atoms with van der Waals surface area (Å²) >= 11 is 0. The van der Waals surface area contributed by atoms with Crippen LogP contribution in [0.2, 0.25) is 0 Å². The van der Waals surface area contributed by atoms with Crippen LogP contribution in [0, 0.1) is 20.8 Å². The number of hydrogen-bond donors (Lipinski definition) is 2. The van der Waals surface area contributed by atoms with E-state index in [4.69, 9.17) is 7.85 Å². The topological polar surface area (TPSA) is 70.4 Å². The minimum absolute atomic E-state index is 0.150. The monoisotopic (exact) mass is 368 g/mol. The average Bonchev–Trinajstić information content (AvgIpc) is 2.96. The molecular formula is C21H26N4O2. The third-order valence-electron chi connectivity index (χ3n) is 4.79. The number of aliphatic hydroxyl groups excluding tert-OH is 1. The van der Waals surface area contributed by atoms with E-state index in [1.165, 1.54) is 0 Å². The molecule has 2 N–H and O–H groups in total. The number of amides is 1. The Morgan fingerprint density at radius 2 is 2.00 bits per heavy atom. The molecule has 2 aromatic carbocycles. The van der Waals surface area contributed by atoms with E-state index < -0.39 is 7.00 Å².